The summed E-state index contributed by atoms with van der Waals surface area (Å²) in [4.78, 5) is 24.8. The molecule has 0 bridgehead atoms. The van der Waals surface area contributed by atoms with Crippen LogP contribution in [0, 0.1) is 0 Å². The fraction of sp³-hybridized carbons (Fsp3) is 0.200. The molecule has 31 heavy (non-hydrogen) atoms. The molecule has 0 heterocycles. The van der Waals surface area contributed by atoms with Crippen molar-refractivity contribution in [3.8, 4) is 28.0 Å². The SMILES string of the molecule is COC(=O)[C@@]1(N=Nc2cc(-c3ccccc3)c(O)c(-c3ccccc3)c2)CCCC1=O. The van der Waals surface area contributed by atoms with Gasteiger partial charge in [0.05, 0.1) is 12.8 Å². The molecule has 1 aliphatic carbocycles. The second-order valence-electron chi connectivity index (χ2n) is 7.45. The van der Waals surface area contributed by atoms with E-state index in [4.69, 9.17) is 4.74 Å². The number of rotatable bonds is 5. The summed E-state index contributed by atoms with van der Waals surface area (Å²) in [7, 11) is 1.24. The quantitative estimate of drug-likeness (QED) is 0.340. The molecule has 0 aromatic heterocycles. The number of aromatic hydroxyl groups is 1. The third-order valence-corrected chi connectivity index (χ3v) is 5.53. The lowest BCUT2D eigenvalue weighted by molar-refractivity contribution is -0.150. The molecule has 0 amide bonds. The summed E-state index contributed by atoms with van der Waals surface area (Å²) >= 11 is 0. The maximum Gasteiger partial charge on any atom is 0.343 e. The average Bonchev–Trinajstić information content (AvgIpc) is 3.20. The van der Waals surface area contributed by atoms with E-state index in [1.54, 1.807) is 12.1 Å². The smallest absolute Gasteiger partial charge is 0.343 e. The Morgan fingerprint density at radius 2 is 1.52 bits per heavy atom. The number of hydrogen-bond donors (Lipinski definition) is 1. The van der Waals surface area contributed by atoms with Crippen molar-refractivity contribution in [3.63, 3.8) is 0 Å². The number of nitrogens with zero attached hydrogens (tertiary/aromatic N) is 2. The van der Waals surface area contributed by atoms with Crippen molar-refractivity contribution in [1.29, 1.82) is 0 Å². The fourth-order valence-corrected chi connectivity index (χ4v) is 3.88. The monoisotopic (exact) mass is 414 g/mol. The number of esters is 1. The highest BCUT2D eigenvalue weighted by molar-refractivity contribution is 6.10. The Balaban J connectivity index is 1.85. The number of azo groups is 1. The van der Waals surface area contributed by atoms with E-state index < -0.39 is 11.5 Å². The first-order valence-electron chi connectivity index (χ1n) is 10.1. The minimum absolute atomic E-state index is 0.121. The highest BCUT2D eigenvalue weighted by atomic mass is 16.5. The number of carbonyl (C=O) groups is 2. The molecule has 0 unspecified atom stereocenters. The molecular weight excluding hydrogens is 392 g/mol. The van der Waals surface area contributed by atoms with E-state index in [1.807, 2.05) is 60.7 Å². The maximum absolute atomic E-state index is 12.5. The molecule has 1 fully saturated rings. The van der Waals surface area contributed by atoms with Gasteiger partial charge in [0, 0.05) is 17.5 Å². The fourth-order valence-electron chi connectivity index (χ4n) is 3.88. The van der Waals surface area contributed by atoms with E-state index in [0.717, 1.165) is 11.1 Å². The lowest BCUT2D eigenvalue weighted by Crippen LogP contribution is -2.41. The summed E-state index contributed by atoms with van der Waals surface area (Å²) in [6.07, 6.45) is 1.11. The minimum Gasteiger partial charge on any atom is -0.507 e. The zero-order chi connectivity index (χ0) is 21.8. The minimum atomic E-state index is -1.59. The second kappa shape index (κ2) is 8.52. The van der Waals surface area contributed by atoms with Crippen molar-refractivity contribution in [2.75, 3.05) is 7.11 Å². The van der Waals surface area contributed by atoms with Crippen molar-refractivity contribution >= 4 is 17.4 Å². The second-order valence-corrected chi connectivity index (χ2v) is 7.45. The molecule has 0 radical (unpaired) electrons. The third kappa shape index (κ3) is 3.84. The summed E-state index contributed by atoms with van der Waals surface area (Å²) in [5.41, 5.74) is 1.63. The lowest BCUT2D eigenvalue weighted by Gasteiger charge is -2.18. The molecular formula is C25H22N2O4. The summed E-state index contributed by atoms with van der Waals surface area (Å²) in [6, 6.07) is 22.3. The van der Waals surface area contributed by atoms with Gasteiger partial charge in [-0.15, -0.1) is 0 Å². The Morgan fingerprint density at radius 3 is 1.97 bits per heavy atom. The van der Waals surface area contributed by atoms with Crippen LogP contribution in [0.5, 0.6) is 5.75 Å². The van der Waals surface area contributed by atoms with Gasteiger partial charge in [-0.2, -0.15) is 10.2 Å². The molecule has 1 saturated carbocycles. The van der Waals surface area contributed by atoms with Gasteiger partial charge >= 0.3 is 5.97 Å². The van der Waals surface area contributed by atoms with Crippen LogP contribution in [0.25, 0.3) is 22.3 Å². The summed E-state index contributed by atoms with van der Waals surface area (Å²) in [5.74, 6) is -0.853. The van der Waals surface area contributed by atoms with Crippen LogP contribution < -0.4 is 0 Å². The predicted octanol–water partition coefficient (Wildman–Crippen LogP) is 5.47. The van der Waals surface area contributed by atoms with Crippen LogP contribution in [0.3, 0.4) is 0 Å². The third-order valence-electron chi connectivity index (χ3n) is 5.53. The standard InChI is InChI=1S/C25H22N2O4/c1-31-24(30)25(14-8-13-22(25)28)27-26-19-15-20(17-9-4-2-5-10-17)23(29)21(16-19)18-11-6-3-7-12-18/h2-7,9-12,15-16,29H,8,13-14H2,1H3/t25-/m1/s1. The highest BCUT2D eigenvalue weighted by Crippen LogP contribution is 2.42. The summed E-state index contributed by atoms with van der Waals surface area (Å²) in [5, 5.41) is 19.5. The van der Waals surface area contributed by atoms with Gasteiger partial charge < -0.3 is 9.84 Å². The summed E-state index contributed by atoms with van der Waals surface area (Å²) < 4.78 is 4.85. The molecule has 1 atom stereocenters. The van der Waals surface area contributed by atoms with E-state index in [2.05, 4.69) is 10.2 Å². The van der Waals surface area contributed by atoms with Gasteiger partial charge in [-0.3, -0.25) is 4.79 Å². The average molecular weight is 414 g/mol. The first-order chi connectivity index (χ1) is 15.0. The number of benzene rings is 3. The van der Waals surface area contributed by atoms with Crippen molar-refractivity contribution < 1.29 is 19.4 Å². The van der Waals surface area contributed by atoms with Crippen LogP contribution in [0.1, 0.15) is 19.3 Å². The van der Waals surface area contributed by atoms with E-state index in [1.165, 1.54) is 7.11 Å². The van der Waals surface area contributed by atoms with Crippen molar-refractivity contribution in [3.05, 3.63) is 72.8 Å². The van der Waals surface area contributed by atoms with E-state index in [0.29, 0.717) is 23.2 Å². The number of Topliss-reactive ketones (excluding diaryl/α,β-unsaturated/α-hetero) is 1. The molecule has 6 nitrogen and oxygen atoms in total. The van der Waals surface area contributed by atoms with Gasteiger partial charge in [-0.05, 0) is 36.1 Å². The van der Waals surface area contributed by atoms with Crippen molar-refractivity contribution in [1.82, 2.24) is 0 Å². The zero-order valence-electron chi connectivity index (χ0n) is 17.1. The molecule has 156 valence electrons. The number of methoxy groups -OCH3 is 1. The normalized spacial score (nSPS) is 18.4. The molecule has 1 aliphatic rings. The van der Waals surface area contributed by atoms with Gasteiger partial charge in [-0.25, -0.2) is 4.79 Å². The molecule has 0 saturated heterocycles. The number of hydrogen-bond acceptors (Lipinski definition) is 6. The largest absolute Gasteiger partial charge is 0.507 e. The Kier molecular flexibility index (Phi) is 5.62. The number of ketones is 1. The van der Waals surface area contributed by atoms with Crippen LogP contribution in [-0.4, -0.2) is 29.5 Å². The van der Waals surface area contributed by atoms with Crippen LogP contribution in [0.2, 0.25) is 0 Å². The van der Waals surface area contributed by atoms with E-state index >= 15 is 0 Å². The van der Waals surface area contributed by atoms with Gasteiger partial charge in [-0.1, -0.05) is 60.7 Å². The van der Waals surface area contributed by atoms with Gasteiger partial charge in [0.25, 0.3) is 0 Å². The van der Waals surface area contributed by atoms with E-state index in [9.17, 15) is 14.7 Å². The Morgan fingerprint density at radius 1 is 0.968 bits per heavy atom. The number of phenolic OH excluding ortho intramolecular Hbond substituents is 1. The molecule has 0 spiro atoms. The Hall–Kier alpha value is -3.80. The van der Waals surface area contributed by atoms with Gasteiger partial charge in [0.1, 0.15) is 5.75 Å². The van der Waals surface area contributed by atoms with Crippen molar-refractivity contribution in [2.45, 2.75) is 24.8 Å². The van der Waals surface area contributed by atoms with Crippen LogP contribution in [-0.2, 0) is 14.3 Å². The van der Waals surface area contributed by atoms with Crippen molar-refractivity contribution in [2.24, 2.45) is 10.2 Å². The zero-order valence-corrected chi connectivity index (χ0v) is 17.1. The molecule has 1 N–H and O–H groups in total. The van der Waals surface area contributed by atoms with Gasteiger partial charge in [0.15, 0.2) is 5.78 Å². The van der Waals surface area contributed by atoms with Gasteiger partial charge in [0.2, 0.25) is 5.54 Å². The topological polar surface area (TPSA) is 88.3 Å². The summed E-state index contributed by atoms with van der Waals surface area (Å²) in [6.45, 7) is 0. The van der Waals surface area contributed by atoms with Crippen LogP contribution >= 0.6 is 0 Å². The number of phenols is 1. The molecule has 4 rings (SSSR count). The first kappa shape index (κ1) is 20.5. The molecule has 0 aliphatic heterocycles. The maximum atomic E-state index is 12.5. The van der Waals surface area contributed by atoms with Crippen LogP contribution in [0.15, 0.2) is 83.0 Å². The van der Waals surface area contributed by atoms with E-state index in [-0.39, 0.29) is 24.4 Å². The number of ether oxygens (including phenoxy) is 1. The molecule has 3 aromatic carbocycles. The Bertz CT molecular complexity index is 1080. The highest BCUT2D eigenvalue weighted by Gasteiger charge is 2.50. The predicted molar refractivity (Wildman–Crippen MR) is 117 cm³/mol. The number of carbonyl (C=O) groups excluding carboxylic acids is 2. The first-order valence-corrected chi connectivity index (χ1v) is 10.1. The Labute approximate surface area is 180 Å². The molecule has 6 heteroatoms. The lowest BCUT2D eigenvalue weighted by atomic mass is 9.96. The molecule has 3 aromatic rings. The van der Waals surface area contributed by atoms with Crippen LogP contribution in [0.4, 0.5) is 5.69 Å².